The number of halogens is 1. The Morgan fingerprint density at radius 2 is 1.97 bits per heavy atom. The molecule has 1 saturated carbocycles. The van der Waals surface area contributed by atoms with Crippen molar-refractivity contribution in [3.63, 3.8) is 0 Å². The summed E-state index contributed by atoms with van der Waals surface area (Å²) in [5.41, 5.74) is 2.26. The van der Waals surface area contributed by atoms with Gasteiger partial charge in [0.15, 0.2) is 17.0 Å². The van der Waals surface area contributed by atoms with Gasteiger partial charge >= 0.3 is 5.97 Å². The quantitative estimate of drug-likeness (QED) is 0.490. The second kappa shape index (κ2) is 8.05. The van der Waals surface area contributed by atoms with Gasteiger partial charge in [-0.3, -0.25) is 4.79 Å². The summed E-state index contributed by atoms with van der Waals surface area (Å²) < 4.78 is 6.98. The lowest BCUT2D eigenvalue weighted by molar-refractivity contribution is -0.123. The number of amides is 1. The second-order valence-corrected chi connectivity index (χ2v) is 7.21. The number of pyridine rings is 1. The van der Waals surface area contributed by atoms with Crippen LogP contribution in [-0.4, -0.2) is 32.7 Å². The molecule has 7 nitrogen and oxygen atoms in total. The zero-order valence-corrected chi connectivity index (χ0v) is 16.5. The minimum atomic E-state index is -1.03. The van der Waals surface area contributed by atoms with E-state index in [0.29, 0.717) is 11.6 Å². The highest BCUT2D eigenvalue weighted by molar-refractivity contribution is 6.32. The molecule has 148 valence electrons. The first kappa shape index (κ1) is 19.1. The molecule has 29 heavy (non-hydrogen) atoms. The first-order valence-electron chi connectivity index (χ1n) is 9.30. The van der Waals surface area contributed by atoms with Gasteiger partial charge in [-0.25, -0.2) is 14.5 Å². The molecular weight excluding hydrogens is 392 g/mol. The molecule has 1 aliphatic carbocycles. The molecular formula is C21H19ClN4O3. The van der Waals surface area contributed by atoms with Crippen LogP contribution in [0.2, 0.25) is 5.15 Å². The van der Waals surface area contributed by atoms with Crippen molar-refractivity contribution in [2.45, 2.75) is 31.8 Å². The van der Waals surface area contributed by atoms with Crippen molar-refractivity contribution < 1.29 is 14.3 Å². The van der Waals surface area contributed by atoms with Crippen molar-refractivity contribution in [1.82, 2.24) is 14.8 Å². The Morgan fingerprint density at radius 3 is 2.66 bits per heavy atom. The van der Waals surface area contributed by atoms with Gasteiger partial charge in [-0.1, -0.05) is 29.8 Å². The maximum Gasteiger partial charge on any atom is 0.357 e. The van der Waals surface area contributed by atoms with Gasteiger partial charge in [0, 0.05) is 12.1 Å². The lowest BCUT2D eigenvalue weighted by Crippen LogP contribution is -2.30. The van der Waals surface area contributed by atoms with Gasteiger partial charge in [-0.15, -0.1) is 0 Å². The summed E-state index contributed by atoms with van der Waals surface area (Å²) in [6.45, 7) is 1.50. The number of para-hydroxylation sites is 1. The van der Waals surface area contributed by atoms with Crippen LogP contribution in [0.5, 0.6) is 0 Å². The third-order valence-electron chi connectivity index (χ3n) is 4.60. The van der Waals surface area contributed by atoms with Crippen LogP contribution < -0.4 is 5.32 Å². The van der Waals surface area contributed by atoms with Crippen LogP contribution in [0.15, 0.2) is 54.7 Å². The molecule has 2 aromatic heterocycles. The maximum absolute atomic E-state index is 12.8. The smallest absolute Gasteiger partial charge is 0.357 e. The molecule has 4 rings (SSSR count). The lowest BCUT2D eigenvalue weighted by Gasteiger charge is -2.14. The Balaban J connectivity index is 1.52. The van der Waals surface area contributed by atoms with Crippen molar-refractivity contribution in [1.29, 1.82) is 0 Å². The predicted molar refractivity (Wildman–Crippen MR) is 108 cm³/mol. The fourth-order valence-corrected chi connectivity index (χ4v) is 3.04. The minimum absolute atomic E-state index is 0.163. The van der Waals surface area contributed by atoms with Crippen LogP contribution >= 0.6 is 11.6 Å². The molecule has 1 aromatic carbocycles. The molecule has 0 unspecified atom stereocenters. The Morgan fingerprint density at radius 1 is 1.21 bits per heavy atom. The number of aromatic nitrogens is 3. The van der Waals surface area contributed by atoms with E-state index in [0.717, 1.165) is 24.2 Å². The molecule has 0 saturated heterocycles. The molecule has 8 heteroatoms. The highest BCUT2D eigenvalue weighted by Gasteiger charge is 2.30. The Kier molecular flexibility index (Phi) is 5.31. The predicted octanol–water partition coefficient (Wildman–Crippen LogP) is 3.98. The number of rotatable bonds is 6. The average Bonchev–Trinajstić information content (AvgIpc) is 3.48. The molecule has 0 bridgehead atoms. The molecule has 3 aromatic rings. The highest BCUT2D eigenvalue weighted by Crippen LogP contribution is 2.39. The molecule has 0 aliphatic heterocycles. The van der Waals surface area contributed by atoms with Gasteiger partial charge in [0.2, 0.25) is 0 Å². The van der Waals surface area contributed by atoms with Gasteiger partial charge in [0.1, 0.15) is 0 Å². The molecule has 2 heterocycles. The summed E-state index contributed by atoms with van der Waals surface area (Å²) in [6.07, 6.45) is 2.61. The number of ether oxygens (including phenoxy) is 1. The summed E-state index contributed by atoms with van der Waals surface area (Å²) in [5.74, 6) is -0.741. The van der Waals surface area contributed by atoms with Crippen LogP contribution in [0.3, 0.4) is 0 Å². The van der Waals surface area contributed by atoms with Gasteiger partial charge in [0.05, 0.1) is 17.1 Å². The maximum atomic E-state index is 12.8. The van der Waals surface area contributed by atoms with Gasteiger partial charge in [0.25, 0.3) is 5.91 Å². The summed E-state index contributed by atoms with van der Waals surface area (Å²) in [4.78, 5) is 29.1. The average molecular weight is 411 g/mol. The standard InChI is InChI=1S/C21H19ClN4O3/c1-13(20(27)24-16-8-5-11-23-19(16)22)29-21(28)18-12-17(14-9-10-14)25-26(18)15-6-3-2-4-7-15/h2-8,11-14H,9-10H2,1H3,(H,24,27)/t13-/m0/s1. The van der Waals surface area contributed by atoms with Crippen molar-refractivity contribution in [2.75, 3.05) is 5.32 Å². The fraction of sp³-hybridized carbons (Fsp3) is 0.238. The first-order valence-corrected chi connectivity index (χ1v) is 9.68. The van der Waals surface area contributed by atoms with E-state index in [9.17, 15) is 9.59 Å². The number of carbonyl (C=O) groups is 2. The summed E-state index contributed by atoms with van der Waals surface area (Å²) in [5, 5.41) is 7.36. The van der Waals surface area contributed by atoms with E-state index in [4.69, 9.17) is 16.3 Å². The summed E-state index contributed by atoms with van der Waals surface area (Å²) >= 11 is 5.96. The number of hydrogen-bond donors (Lipinski definition) is 1. The van der Waals surface area contributed by atoms with Crippen LogP contribution in [0.1, 0.15) is 41.9 Å². The van der Waals surface area contributed by atoms with E-state index >= 15 is 0 Å². The largest absolute Gasteiger partial charge is 0.448 e. The Labute approximate surface area is 172 Å². The SMILES string of the molecule is C[C@H](OC(=O)c1cc(C2CC2)nn1-c1ccccc1)C(=O)Nc1cccnc1Cl. The lowest BCUT2D eigenvalue weighted by atomic mass is 10.2. The highest BCUT2D eigenvalue weighted by atomic mass is 35.5. The van der Waals surface area contributed by atoms with Gasteiger partial charge < -0.3 is 10.1 Å². The number of esters is 1. The molecule has 1 N–H and O–H groups in total. The van der Waals surface area contributed by atoms with Crippen LogP contribution in [0.4, 0.5) is 5.69 Å². The van der Waals surface area contributed by atoms with E-state index in [2.05, 4.69) is 15.4 Å². The van der Waals surface area contributed by atoms with Gasteiger partial charge in [-0.2, -0.15) is 5.10 Å². The molecule has 1 atom stereocenters. The molecule has 0 radical (unpaired) electrons. The van der Waals surface area contributed by atoms with Gasteiger partial charge in [-0.05, 0) is 50.1 Å². The summed E-state index contributed by atoms with van der Waals surface area (Å²) in [7, 11) is 0. The first-order chi connectivity index (χ1) is 14.0. The number of anilines is 1. The monoisotopic (exact) mass is 410 g/mol. The fourth-order valence-electron chi connectivity index (χ4n) is 2.88. The number of nitrogens with one attached hydrogen (secondary N) is 1. The van der Waals surface area contributed by atoms with E-state index in [1.807, 2.05) is 30.3 Å². The minimum Gasteiger partial charge on any atom is -0.448 e. The zero-order chi connectivity index (χ0) is 20.4. The third kappa shape index (κ3) is 4.30. The van der Waals surface area contributed by atoms with Crippen LogP contribution in [-0.2, 0) is 9.53 Å². The van der Waals surface area contributed by atoms with Crippen LogP contribution in [0, 0.1) is 0 Å². The van der Waals surface area contributed by atoms with Crippen molar-refractivity contribution in [2.24, 2.45) is 0 Å². The van der Waals surface area contributed by atoms with E-state index in [-0.39, 0.29) is 10.8 Å². The molecule has 1 aliphatic rings. The normalized spacial score (nSPS) is 14.3. The van der Waals surface area contributed by atoms with Crippen molar-refractivity contribution >= 4 is 29.2 Å². The molecule has 0 spiro atoms. The molecule has 1 amide bonds. The number of carbonyl (C=O) groups excluding carboxylic acids is 2. The van der Waals surface area contributed by atoms with Crippen molar-refractivity contribution in [3.05, 3.63) is 71.3 Å². The van der Waals surface area contributed by atoms with Crippen molar-refractivity contribution in [3.8, 4) is 5.69 Å². The number of hydrogen-bond acceptors (Lipinski definition) is 5. The Bertz CT molecular complexity index is 1050. The number of nitrogens with zero attached hydrogens (tertiary/aromatic N) is 3. The number of benzene rings is 1. The molecule has 1 fully saturated rings. The van der Waals surface area contributed by atoms with E-state index in [1.165, 1.54) is 13.1 Å². The Hall–Kier alpha value is -3.19. The summed E-state index contributed by atoms with van der Waals surface area (Å²) in [6, 6.07) is 14.4. The van der Waals surface area contributed by atoms with E-state index < -0.39 is 18.0 Å². The second-order valence-electron chi connectivity index (χ2n) is 6.85. The topological polar surface area (TPSA) is 86.1 Å². The zero-order valence-electron chi connectivity index (χ0n) is 15.7. The third-order valence-corrected chi connectivity index (χ3v) is 4.90. The van der Waals surface area contributed by atoms with E-state index in [1.54, 1.807) is 22.9 Å². The van der Waals surface area contributed by atoms with Crippen LogP contribution in [0.25, 0.3) is 5.69 Å².